The minimum absolute atomic E-state index is 0.0506. The van der Waals surface area contributed by atoms with Crippen molar-refractivity contribution in [3.8, 4) is 5.75 Å². The SMILES string of the molecule is COc1ccccc1[C@H](C)NC(=O)C1(C)CCNCC1. The first-order valence-electron chi connectivity index (χ1n) is 7.21. The molecule has 1 fully saturated rings. The van der Waals surface area contributed by atoms with Crippen molar-refractivity contribution < 1.29 is 9.53 Å². The zero-order valence-electron chi connectivity index (χ0n) is 12.5. The highest BCUT2D eigenvalue weighted by Crippen LogP contribution is 2.30. The van der Waals surface area contributed by atoms with E-state index >= 15 is 0 Å². The summed E-state index contributed by atoms with van der Waals surface area (Å²) in [5, 5.41) is 6.43. The van der Waals surface area contributed by atoms with Crippen molar-refractivity contribution in [2.75, 3.05) is 20.2 Å². The number of hydrogen-bond donors (Lipinski definition) is 2. The Balaban J connectivity index is 2.07. The first-order valence-corrected chi connectivity index (χ1v) is 7.21. The molecule has 2 rings (SSSR count). The van der Waals surface area contributed by atoms with Gasteiger partial charge in [-0.15, -0.1) is 0 Å². The summed E-state index contributed by atoms with van der Waals surface area (Å²) in [6.07, 6.45) is 1.77. The van der Waals surface area contributed by atoms with Crippen LogP contribution in [0, 0.1) is 5.41 Å². The number of para-hydroxylation sites is 1. The number of amides is 1. The van der Waals surface area contributed by atoms with Gasteiger partial charge in [0.15, 0.2) is 0 Å². The summed E-state index contributed by atoms with van der Waals surface area (Å²) in [6, 6.07) is 7.77. The number of hydrogen-bond acceptors (Lipinski definition) is 3. The van der Waals surface area contributed by atoms with E-state index in [1.54, 1.807) is 7.11 Å². The second-order valence-electron chi connectivity index (χ2n) is 5.75. The minimum atomic E-state index is -0.262. The molecule has 110 valence electrons. The highest BCUT2D eigenvalue weighted by molar-refractivity contribution is 5.82. The Kier molecular flexibility index (Phi) is 4.65. The van der Waals surface area contributed by atoms with Crippen molar-refractivity contribution in [3.05, 3.63) is 29.8 Å². The van der Waals surface area contributed by atoms with Crippen LogP contribution in [0.3, 0.4) is 0 Å². The van der Waals surface area contributed by atoms with Gasteiger partial charge in [-0.25, -0.2) is 0 Å². The number of benzene rings is 1. The third-order valence-electron chi connectivity index (χ3n) is 4.21. The maximum Gasteiger partial charge on any atom is 0.226 e. The van der Waals surface area contributed by atoms with E-state index in [-0.39, 0.29) is 17.4 Å². The molecule has 0 radical (unpaired) electrons. The van der Waals surface area contributed by atoms with Gasteiger partial charge in [-0.05, 0) is 38.9 Å². The molecule has 1 aliphatic heterocycles. The monoisotopic (exact) mass is 276 g/mol. The van der Waals surface area contributed by atoms with Gasteiger partial charge in [0.2, 0.25) is 5.91 Å². The Hall–Kier alpha value is -1.55. The fraction of sp³-hybridized carbons (Fsp3) is 0.562. The normalized spacial score (nSPS) is 19.1. The molecule has 0 saturated carbocycles. The highest BCUT2D eigenvalue weighted by Gasteiger charge is 2.35. The molecule has 0 unspecified atom stereocenters. The predicted octanol–water partition coefficient (Wildman–Crippen LogP) is 2.26. The molecule has 0 bridgehead atoms. The zero-order chi connectivity index (χ0) is 14.6. The zero-order valence-corrected chi connectivity index (χ0v) is 12.5. The second-order valence-corrected chi connectivity index (χ2v) is 5.75. The lowest BCUT2D eigenvalue weighted by molar-refractivity contribution is -0.132. The maximum absolute atomic E-state index is 12.5. The van der Waals surface area contributed by atoms with Gasteiger partial charge in [0.1, 0.15) is 5.75 Å². The summed E-state index contributed by atoms with van der Waals surface area (Å²) in [4.78, 5) is 12.5. The highest BCUT2D eigenvalue weighted by atomic mass is 16.5. The van der Waals surface area contributed by atoms with E-state index in [9.17, 15) is 4.79 Å². The van der Waals surface area contributed by atoms with Crippen LogP contribution in [0.4, 0.5) is 0 Å². The average Bonchev–Trinajstić information content (AvgIpc) is 2.47. The number of carbonyl (C=O) groups is 1. The Morgan fingerprint density at radius 1 is 1.35 bits per heavy atom. The fourth-order valence-electron chi connectivity index (χ4n) is 2.68. The summed E-state index contributed by atoms with van der Waals surface area (Å²) in [7, 11) is 1.65. The molecular weight excluding hydrogens is 252 g/mol. The van der Waals surface area contributed by atoms with Crippen molar-refractivity contribution in [1.82, 2.24) is 10.6 Å². The molecule has 1 aromatic rings. The molecule has 1 aromatic carbocycles. The lowest BCUT2D eigenvalue weighted by Crippen LogP contribution is -2.46. The molecule has 1 amide bonds. The quantitative estimate of drug-likeness (QED) is 0.887. The van der Waals surface area contributed by atoms with Crippen LogP contribution in [-0.2, 0) is 4.79 Å². The summed E-state index contributed by atoms with van der Waals surface area (Å²) in [5.74, 6) is 0.952. The van der Waals surface area contributed by atoms with Crippen molar-refractivity contribution >= 4 is 5.91 Å². The summed E-state index contributed by atoms with van der Waals surface area (Å²) >= 11 is 0. The lowest BCUT2D eigenvalue weighted by atomic mass is 9.80. The van der Waals surface area contributed by atoms with E-state index in [2.05, 4.69) is 17.6 Å². The smallest absolute Gasteiger partial charge is 0.226 e. The Morgan fingerprint density at radius 2 is 2.00 bits per heavy atom. The Labute approximate surface area is 120 Å². The third kappa shape index (κ3) is 3.12. The molecule has 2 N–H and O–H groups in total. The number of ether oxygens (including phenoxy) is 1. The molecule has 0 aliphatic carbocycles. The van der Waals surface area contributed by atoms with Gasteiger partial charge >= 0.3 is 0 Å². The van der Waals surface area contributed by atoms with Crippen molar-refractivity contribution in [3.63, 3.8) is 0 Å². The Morgan fingerprint density at radius 3 is 2.65 bits per heavy atom. The van der Waals surface area contributed by atoms with E-state index in [1.165, 1.54) is 0 Å². The van der Waals surface area contributed by atoms with Crippen LogP contribution in [0.2, 0.25) is 0 Å². The minimum Gasteiger partial charge on any atom is -0.496 e. The van der Waals surface area contributed by atoms with Gasteiger partial charge in [0.05, 0.1) is 13.2 Å². The first-order chi connectivity index (χ1) is 9.57. The molecule has 1 heterocycles. The van der Waals surface area contributed by atoms with Gasteiger partial charge in [-0.3, -0.25) is 4.79 Å². The number of carbonyl (C=O) groups excluding carboxylic acids is 1. The molecule has 4 heteroatoms. The van der Waals surface area contributed by atoms with Crippen LogP contribution in [-0.4, -0.2) is 26.1 Å². The van der Waals surface area contributed by atoms with Gasteiger partial charge in [0.25, 0.3) is 0 Å². The van der Waals surface area contributed by atoms with Crippen molar-refractivity contribution in [1.29, 1.82) is 0 Å². The van der Waals surface area contributed by atoms with E-state index in [4.69, 9.17) is 4.74 Å². The molecule has 1 atom stereocenters. The molecular formula is C16H24N2O2. The predicted molar refractivity (Wildman–Crippen MR) is 79.8 cm³/mol. The topological polar surface area (TPSA) is 50.4 Å². The maximum atomic E-state index is 12.5. The van der Waals surface area contributed by atoms with Crippen LogP contribution < -0.4 is 15.4 Å². The van der Waals surface area contributed by atoms with Gasteiger partial charge in [-0.1, -0.05) is 25.1 Å². The van der Waals surface area contributed by atoms with E-state index < -0.39 is 0 Å². The van der Waals surface area contributed by atoms with Gasteiger partial charge in [-0.2, -0.15) is 0 Å². The summed E-state index contributed by atoms with van der Waals surface area (Å²) in [6.45, 7) is 5.87. The second kappa shape index (κ2) is 6.27. The number of rotatable bonds is 4. The lowest BCUT2D eigenvalue weighted by Gasteiger charge is -2.33. The number of methoxy groups -OCH3 is 1. The van der Waals surface area contributed by atoms with Crippen LogP contribution >= 0.6 is 0 Å². The van der Waals surface area contributed by atoms with E-state index in [0.29, 0.717) is 0 Å². The number of nitrogens with one attached hydrogen (secondary N) is 2. The van der Waals surface area contributed by atoms with E-state index in [0.717, 1.165) is 37.2 Å². The van der Waals surface area contributed by atoms with Gasteiger partial charge in [0, 0.05) is 11.0 Å². The van der Waals surface area contributed by atoms with Crippen LogP contribution in [0.5, 0.6) is 5.75 Å². The average molecular weight is 276 g/mol. The van der Waals surface area contributed by atoms with Gasteiger partial charge < -0.3 is 15.4 Å². The Bertz CT molecular complexity index is 467. The van der Waals surface area contributed by atoms with Crippen LogP contribution in [0.15, 0.2) is 24.3 Å². The molecule has 0 aromatic heterocycles. The summed E-state index contributed by atoms with van der Waals surface area (Å²) in [5.41, 5.74) is 0.752. The molecule has 1 aliphatic rings. The molecule has 20 heavy (non-hydrogen) atoms. The fourth-order valence-corrected chi connectivity index (χ4v) is 2.68. The van der Waals surface area contributed by atoms with Crippen molar-refractivity contribution in [2.24, 2.45) is 5.41 Å². The number of piperidine rings is 1. The standard InChI is InChI=1S/C16H24N2O2/c1-12(13-6-4-5-7-14(13)20-3)18-15(19)16(2)8-10-17-11-9-16/h4-7,12,17H,8-11H2,1-3H3,(H,18,19)/t12-/m0/s1. The largest absolute Gasteiger partial charge is 0.496 e. The first kappa shape index (κ1) is 14.9. The molecule has 0 spiro atoms. The van der Waals surface area contributed by atoms with E-state index in [1.807, 2.05) is 31.2 Å². The van der Waals surface area contributed by atoms with Crippen LogP contribution in [0.1, 0.15) is 38.3 Å². The van der Waals surface area contributed by atoms with Crippen molar-refractivity contribution in [2.45, 2.75) is 32.7 Å². The molecule has 4 nitrogen and oxygen atoms in total. The summed E-state index contributed by atoms with van der Waals surface area (Å²) < 4.78 is 5.36. The third-order valence-corrected chi connectivity index (χ3v) is 4.21. The molecule has 1 saturated heterocycles. The van der Waals surface area contributed by atoms with Crippen LogP contribution in [0.25, 0.3) is 0 Å².